The van der Waals surface area contributed by atoms with E-state index in [2.05, 4.69) is 6.92 Å². The first-order valence-corrected chi connectivity index (χ1v) is 6.82. The summed E-state index contributed by atoms with van der Waals surface area (Å²) in [7, 11) is 0. The summed E-state index contributed by atoms with van der Waals surface area (Å²) in [4.78, 5) is 14.1. The molecule has 2 atom stereocenters. The molecular weight excluding hydrogens is 242 g/mol. The third kappa shape index (κ3) is 2.38. The van der Waals surface area contributed by atoms with E-state index in [1.165, 1.54) is 0 Å². The molecule has 1 aliphatic heterocycles. The minimum Gasteiger partial charge on any atom is -0.393 e. The summed E-state index contributed by atoms with van der Waals surface area (Å²) < 4.78 is 0. The number of carbonyl (C=O) groups is 1. The van der Waals surface area contributed by atoms with Gasteiger partial charge in [0, 0.05) is 18.5 Å². The maximum Gasteiger partial charge on any atom is 0.263 e. The SMILES string of the molecule is CCCCN1C(=O)[C@@](O)(C[C@@H](C)O)c2ccccc21. The zero-order valence-electron chi connectivity index (χ0n) is 11.5. The number of hydrogen-bond donors (Lipinski definition) is 2. The van der Waals surface area contributed by atoms with Crippen molar-refractivity contribution >= 4 is 11.6 Å². The molecule has 4 heteroatoms. The maximum atomic E-state index is 12.5. The minimum absolute atomic E-state index is 0.0332. The number of unbranched alkanes of at least 4 members (excludes halogenated alkanes) is 1. The number of benzene rings is 1. The van der Waals surface area contributed by atoms with Crippen molar-refractivity contribution in [1.82, 2.24) is 0 Å². The second-order valence-electron chi connectivity index (χ2n) is 5.24. The predicted octanol–water partition coefficient (Wildman–Crippen LogP) is 1.79. The monoisotopic (exact) mass is 263 g/mol. The van der Waals surface area contributed by atoms with Crippen molar-refractivity contribution in [3.63, 3.8) is 0 Å². The summed E-state index contributed by atoms with van der Waals surface area (Å²) >= 11 is 0. The van der Waals surface area contributed by atoms with E-state index < -0.39 is 11.7 Å². The van der Waals surface area contributed by atoms with Crippen LogP contribution in [0, 0.1) is 0 Å². The molecule has 1 heterocycles. The summed E-state index contributed by atoms with van der Waals surface area (Å²) in [6.07, 6.45) is 1.19. The summed E-state index contributed by atoms with van der Waals surface area (Å²) in [6.45, 7) is 4.26. The molecule has 4 nitrogen and oxygen atoms in total. The first kappa shape index (κ1) is 14.0. The lowest BCUT2D eigenvalue weighted by Gasteiger charge is -2.24. The molecule has 0 fully saturated rings. The fraction of sp³-hybridized carbons (Fsp3) is 0.533. The molecule has 1 aromatic rings. The molecule has 0 spiro atoms. The molecule has 19 heavy (non-hydrogen) atoms. The Balaban J connectivity index is 2.40. The highest BCUT2D eigenvalue weighted by Gasteiger charge is 2.49. The summed E-state index contributed by atoms with van der Waals surface area (Å²) in [5.41, 5.74) is -0.209. The highest BCUT2D eigenvalue weighted by atomic mass is 16.3. The molecule has 0 aromatic heterocycles. The number of nitrogens with zero attached hydrogens (tertiary/aromatic N) is 1. The van der Waals surface area contributed by atoms with Crippen LogP contribution in [0.5, 0.6) is 0 Å². The third-order valence-electron chi connectivity index (χ3n) is 3.57. The van der Waals surface area contributed by atoms with Crippen LogP contribution in [0.3, 0.4) is 0 Å². The fourth-order valence-electron chi connectivity index (χ4n) is 2.67. The second kappa shape index (κ2) is 5.31. The van der Waals surface area contributed by atoms with Crippen LogP contribution in [0.25, 0.3) is 0 Å². The Labute approximate surface area is 113 Å². The van der Waals surface area contributed by atoms with Gasteiger partial charge in [-0.25, -0.2) is 0 Å². The second-order valence-corrected chi connectivity index (χ2v) is 5.24. The van der Waals surface area contributed by atoms with Crippen molar-refractivity contribution in [3.05, 3.63) is 29.8 Å². The lowest BCUT2D eigenvalue weighted by atomic mass is 9.90. The van der Waals surface area contributed by atoms with Gasteiger partial charge < -0.3 is 15.1 Å². The quantitative estimate of drug-likeness (QED) is 0.851. The number of hydrogen-bond acceptors (Lipinski definition) is 3. The molecule has 0 aliphatic carbocycles. The highest BCUT2D eigenvalue weighted by molar-refractivity contribution is 6.06. The van der Waals surface area contributed by atoms with Gasteiger partial charge in [0.05, 0.1) is 11.8 Å². The standard InChI is InChI=1S/C15H21NO3/c1-3-4-9-16-13-8-6-5-7-12(13)15(19,14(16)18)10-11(2)17/h5-8,11,17,19H,3-4,9-10H2,1-2H3/t11-,15-/m1/s1. The number of aliphatic hydroxyl groups excluding tert-OH is 1. The molecule has 2 N–H and O–H groups in total. The average molecular weight is 263 g/mol. The number of anilines is 1. The lowest BCUT2D eigenvalue weighted by molar-refractivity contribution is -0.139. The molecule has 1 amide bonds. The van der Waals surface area contributed by atoms with Crippen LogP contribution in [-0.4, -0.2) is 28.8 Å². The van der Waals surface area contributed by atoms with E-state index in [0.29, 0.717) is 12.1 Å². The third-order valence-corrected chi connectivity index (χ3v) is 3.57. The lowest BCUT2D eigenvalue weighted by Crippen LogP contribution is -2.42. The van der Waals surface area contributed by atoms with Gasteiger partial charge in [0.1, 0.15) is 0 Å². The van der Waals surface area contributed by atoms with Crippen LogP contribution in [0.1, 0.15) is 38.7 Å². The molecule has 0 bridgehead atoms. The van der Waals surface area contributed by atoms with Crippen LogP contribution in [0.2, 0.25) is 0 Å². The molecule has 104 valence electrons. The first-order valence-electron chi connectivity index (χ1n) is 6.82. The minimum atomic E-state index is -1.58. The summed E-state index contributed by atoms with van der Waals surface area (Å²) in [5.74, 6) is -0.317. The van der Waals surface area contributed by atoms with Gasteiger partial charge in [0.15, 0.2) is 5.60 Å². The summed E-state index contributed by atoms with van der Waals surface area (Å²) in [6, 6.07) is 7.28. The van der Waals surface area contributed by atoms with Gasteiger partial charge in [-0.2, -0.15) is 0 Å². The van der Waals surface area contributed by atoms with Gasteiger partial charge in [0.25, 0.3) is 5.91 Å². The Morgan fingerprint density at radius 1 is 1.37 bits per heavy atom. The van der Waals surface area contributed by atoms with Gasteiger partial charge in [-0.1, -0.05) is 31.5 Å². The van der Waals surface area contributed by atoms with Gasteiger partial charge in [-0.05, 0) is 19.4 Å². The fourth-order valence-corrected chi connectivity index (χ4v) is 2.67. The van der Waals surface area contributed by atoms with Crippen LogP contribution in [0.15, 0.2) is 24.3 Å². The Bertz CT molecular complexity index is 472. The average Bonchev–Trinajstić information content (AvgIpc) is 2.57. The van der Waals surface area contributed by atoms with E-state index in [9.17, 15) is 15.0 Å². The van der Waals surface area contributed by atoms with Crippen LogP contribution < -0.4 is 4.90 Å². The van der Waals surface area contributed by atoms with Gasteiger partial charge >= 0.3 is 0 Å². The van der Waals surface area contributed by atoms with Crippen molar-refractivity contribution in [2.75, 3.05) is 11.4 Å². The largest absolute Gasteiger partial charge is 0.393 e. The van der Waals surface area contributed by atoms with Crippen molar-refractivity contribution < 1.29 is 15.0 Å². The number of fused-ring (bicyclic) bond motifs is 1. The number of rotatable bonds is 5. The van der Waals surface area contributed by atoms with Gasteiger partial charge in [-0.15, -0.1) is 0 Å². The van der Waals surface area contributed by atoms with E-state index in [-0.39, 0.29) is 12.3 Å². The van der Waals surface area contributed by atoms with Crippen molar-refractivity contribution in [3.8, 4) is 0 Å². The smallest absolute Gasteiger partial charge is 0.263 e. The van der Waals surface area contributed by atoms with Crippen LogP contribution >= 0.6 is 0 Å². The van der Waals surface area contributed by atoms with E-state index >= 15 is 0 Å². The normalized spacial score (nSPS) is 23.6. The van der Waals surface area contributed by atoms with E-state index in [1.54, 1.807) is 17.9 Å². The predicted molar refractivity (Wildman–Crippen MR) is 73.9 cm³/mol. The molecule has 0 saturated carbocycles. The maximum absolute atomic E-state index is 12.5. The number of amides is 1. The molecule has 0 radical (unpaired) electrons. The molecule has 0 saturated heterocycles. The highest BCUT2D eigenvalue weighted by Crippen LogP contribution is 2.42. The zero-order chi connectivity index (χ0) is 14.0. The molecule has 1 aromatic carbocycles. The molecular formula is C15H21NO3. The van der Waals surface area contributed by atoms with Gasteiger partial charge in [-0.3, -0.25) is 4.79 Å². The van der Waals surface area contributed by atoms with Crippen LogP contribution in [0.4, 0.5) is 5.69 Å². The Hall–Kier alpha value is -1.39. The van der Waals surface area contributed by atoms with Crippen molar-refractivity contribution in [2.24, 2.45) is 0 Å². The zero-order valence-corrected chi connectivity index (χ0v) is 11.5. The Morgan fingerprint density at radius 3 is 2.68 bits per heavy atom. The number of carbonyl (C=O) groups excluding carboxylic acids is 1. The number of aliphatic hydroxyl groups is 2. The summed E-state index contributed by atoms with van der Waals surface area (Å²) in [5, 5.41) is 20.3. The molecule has 0 unspecified atom stereocenters. The van der Waals surface area contributed by atoms with Crippen LogP contribution in [-0.2, 0) is 10.4 Å². The van der Waals surface area contributed by atoms with E-state index in [0.717, 1.165) is 18.5 Å². The number of para-hydroxylation sites is 1. The van der Waals surface area contributed by atoms with Gasteiger partial charge in [0.2, 0.25) is 0 Å². The molecule has 2 rings (SSSR count). The first-order chi connectivity index (χ1) is 9.00. The van der Waals surface area contributed by atoms with E-state index in [1.807, 2.05) is 18.2 Å². The Kier molecular flexibility index (Phi) is 3.92. The van der Waals surface area contributed by atoms with Crippen molar-refractivity contribution in [1.29, 1.82) is 0 Å². The van der Waals surface area contributed by atoms with E-state index in [4.69, 9.17) is 0 Å². The Morgan fingerprint density at radius 2 is 2.05 bits per heavy atom. The molecule has 1 aliphatic rings. The topological polar surface area (TPSA) is 60.8 Å². The van der Waals surface area contributed by atoms with Crippen molar-refractivity contribution in [2.45, 2.75) is 44.8 Å².